The Labute approximate surface area is 155 Å². The maximum Gasteiger partial charge on any atom is 0.228 e. The van der Waals surface area contributed by atoms with Crippen LogP contribution in [0.4, 0.5) is 0 Å². The van der Waals surface area contributed by atoms with E-state index >= 15 is 0 Å². The summed E-state index contributed by atoms with van der Waals surface area (Å²) in [6.45, 7) is 3.64. The number of hydrogen-bond donors (Lipinski definition) is 0. The lowest BCUT2D eigenvalue weighted by molar-refractivity contribution is -0.131. The molecule has 6 nitrogen and oxygen atoms in total. The highest BCUT2D eigenvalue weighted by Crippen LogP contribution is 2.26. The average Bonchev–Trinajstić information content (AvgIpc) is 3.11. The molecule has 6 heteroatoms. The van der Waals surface area contributed by atoms with Gasteiger partial charge < -0.3 is 14.4 Å². The summed E-state index contributed by atoms with van der Waals surface area (Å²) < 4.78 is 2.26. The van der Waals surface area contributed by atoms with Crippen molar-refractivity contribution < 1.29 is 4.79 Å². The molecule has 1 saturated heterocycles. The second-order valence-corrected chi connectivity index (χ2v) is 7.31. The van der Waals surface area contributed by atoms with Gasteiger partial charge in [0.2, 0.25) is 5.91 Å². The molecular formula is C20H29N5O. The quantitative estimate of drug-likeness (QED) is 0.764. The van der Waals surface area contributed by atoms with Crippen molar-refractivity contribution in [3.05, 3.63) is 48.3 Å². The second kappa shape index (κ2) is 8.94. The van der Waals surface area contributed by atoms with Gasteiger partial charge in [0.15, 0.2) is 0 Å². The van der Waals surface area contributed by atoms with Gasteiger partial charge in [-0.3, -0.25) is 9.78 Å². The van der Waals surface area contributed by atoms with Crippen LogP contribution in [0.3, 0.4) is 0 Å². The first kappa shape index (κ1) is 18.6. The largest absolute Gasteiger partial charge is 0.342 e. The number of hydrogen-bond acceptors (Lipinski definition) is 4. The molecule has 0 aliphatic carbocycles. The van der Waals surface area contributed by atoms with E-state index in [1.165, 1.54) is 0 Å². The third-order valence-corrected chi connectivity index (χ3v) is 4.95. The van der Waals surface area contributed by atoms with Crippen molar-refractivity contribution in [1.29, 1.82) is 0 Å². The zero-order valence-electron chi connectivity index (χ0n) is 15.8. The molecule has 140 valence electrons. The van der Waals surface area contributed by atoms with Gasteiger partial charge >= 0.3 is 0 Å². The minimum Gasteiger partial charge on any atom is -0.342 e. The summed E-state index contributed by atoms with van der Waals surface area (Å²) in [5, 5.41) is 0. The van der Waals surface area contributed by atoms with Crippen molar-refractivity contribution in [2.75, 3.05) is 33.7 Å². The number of rotatable bonds is 7. The molecule has 3 heterocycles. The van der Waals surface area contributed by atoms with Crippen molar-refractivity contribution >= 4 is 5.91 Å². The van der Waals surface area contributed by atoms with E-state index in [2.05, 4.69) is 39.7 Å². The molecular weight excluding hydrogens is 326 g/mol. The van der Waals surface area contributed by atoms with Crippen LogP contribution in [0.2, 0.25) is 0 Å². The number of pyridine rings is 1. The van der Waals surface area contributed by atoms with Crippen LogP contribution in [0.1, 0.15) is 36.7 Å². The van der Waals surface area contributed by atoms with E-state index in [-0.39, 0.29) is 5.91 Å². The third-order valence-electron chi connectivity index (χ3n) is 4.95. The van der Waals surface area contributed by atoms with E-state index in [0.29, 0.717) is 12.3 Å². The average molecular weight is 355 g/mol. The Morgan fingerprint density at radius 1 is 1.27 bits per heavy atom. The molecule has 0 bridgehead atoms. The van der Waals surface area contributed by atoms with E-state index in [1.807, 2.05) is 29.3 Å². The van der Waals surface area contributed by atoms with Crippen LogP contribution in [0.15, 0.2) is 36.8 Å². The molecule has 1 fully saturated rings. The van der Waals surface area contributed by atoms with Gasteiger partial charge in [0.25, 0.3) is 0 Å². The van der Waals surface area contributed by atoms with Crippen LogP contribution in [-0.2, 0) is 17.8 Å². The zero-order valence-corrected chi connectivity index (χ0v) is 15.8. The van der Waals surface area contributed by atoms with E-state index in [4.69, 9.17) is 0 Å². The molecule has 1 amide bonds. The van der Waals surface area contributed by atoms with Crippen molar-refractivity contribution in [1.82, 2.24) is 24.3 Å². The molecule has 0 spiro atoms. The van der Waals surface area contributed by atoms with Crippen LogP contribution in [0.5, 0.6) is 0 Å². The Morgan fingerprint density at radius 3 is 2.92 bits per heavy atom. The molecule has 3 rings (SSSR count). The number of amides is 1. The number of aryl methyl sites for hydroxylation is 1. The van der Waals surface area contributed by atoms with Crippen LogP contribution < -0.4 is 0 Å². The summed E-state index contributed by atoms with van der Waals surface area (Å²) in [6, 6.07) is 5.72. The van der Waals surface area contributed by atoms with Gasteiger partial charge in [0.05, 0.1) is 6.42 Å². The molecule has 0 radical (unpaired) electrons. The topological polar surface area (TPSA) is 54.3 Å². The van der Waals surface area contributed by atoms with Crippen LogP contribution >= 0.6 is 0 Å². The van der Waals surface area contributed by atoms with Crippen LogP contribution in [0, 0.1) is 0 Å². The lowest BCUT2D eigenvalue weighted by atomic mass is 9.96. The number of piperidine rings is 1. The van der Waals surface area contributed by atoms with Gasteiger partial charge in [-0.2, -0.15) is 0 Å². The molecule has 0 N–H and O–H groups in total. The Hall–Kier alpha value is -2.21. The summed E-state index contributed by atoms with van der Waals surface area (Å²) in [5.74, 6) is 1.61. The number of aromatic nitrogens is 3. The fraction of sp³-hybridized carbons (Fsp3) is 0.550. The smallest absolute Gasteiger partial charge is 0.228 e. The van der Waals surface area contributed by atoms with Gasteiger partial charge in [-0.1, -0.05) is 6.07 Å². The molecule has 2 aromatic heterocycles. The molecule has 0 unspecified atom stereocenters. The summed E-state index contributed by atoms with van der Waals surface area (Å²) >= 11 is 0. The summed E-state index contributed by atoms with van der Waals surface area (Å²) in [6.07, 6.45) is 9.31. The zero-order chi connectivity index (χ0) is 18.4. The van der Waals surface area contributed by atoms with Crippen LogP contribution in [0.25, 0.3) is 0 Å². The number of likely N-dealkylation sites (tertiary alicyclic amines) is 1. The monoisotopic (exact) mass is 355 g/mol. The van der Waals surface area contributed by atoms with Gasteiger partial charge in [-0.25, -0.2) is 4.98 Å². The molecule has 1 aliphatic heterocycles. The first-order valence-corrected chi connectivity index (χ1v) is 9.47. The van der Waals surface area contributed by atoms with Gasteiger partial charge in [0, 0.05) is 49.8 Å². The Kier molecular flexibility index (Phi) is 6.39. The third kappa shape index (κ3) is 4.91. The SMILES string of the molecule is CN(C)CCCn1ccnc1[C@@H]1CCCN(C(=O)Cc2ccccn2)C1. The predicted octanol–water partition coefficient (Wildman–Crippen LogP) is 2.18. The standard InChI is InChI=1S/C20H29N5O/c1-23(2)11-6-13-24-14-10-22-20(24)17-7-5-12-25(16-17)19(26)15-18-8-3-4-9-21-18/h3-4,8-10,14,17H,5-7,11-13,15-16H2,1-2H3/t17-/m1/s1. The predicted molar refractivity (Wildman–Crippen MR) is 102 cm³/mol. The highest BCUT2D eigenvalue weighted by molar-refractivity contribution is 5.78. The molecule has 0 saturated carbocycles. The van der Waals surface area contributed by atoms with Crippen molar-refractivity contribution in [2.45, 2.75) is 38.1 Å². The van der Waals surface area contributed by atoms with Gasteiger partial charge in [0.1, 0.15) is 5.82 Å². The maximum absolute atomic E-state index is 12.7. The Balaban J connectivity index is 1.60. The number of nitrogens with zero attached hydrogens (tertiary/aromatic N) is 5. The lowest BCUT2D eigenvalue weighted by Crippen LogP contribution is -2.40. The Morgan fingerprint density at radius 2 is 2.15 bits per heavy atom. The van der Waals surface area contributed by atoms with E-state index in [1.54, 1.807) is 6.20 Å². The van der Waals surface area contributed by atoms with E-state index in [0.717, 1.165) is 57.0 Å². The maximum atomic E-state index is 12.7. The molecule has 26 heavy (non-hydrogen) atoms. The van der Waals surface area contributed by atoms with E-state index < -0.39 is 0 Å². The first-order valence-electron chi connectivity index (χ1n) is 9.47. The fourth-order valence-electron chi connectivity index (χ4n) is 3.61. The van der Waals surface area contributed by atoms with Gasteiger partial charge in [-0.15, -0.1) is 0 Å². The van der Waals surface area contributed by atoms with Crippen molar-refractivity contribution in [3.63, 3.8) is 0 Å². The number of imidazole rings is 1. The molecule has 1 aliphatic rings. The number of carbonyl (C=O) groups excluding carboxylic acids is 1. The normalized spacial score (nSPS) is 17.7. The molecule has 0 aromatic carbocycles. The minimum absolute atomic E-state index is 0.166. The highest BCUT2D eigenvalue weighted by Gasteiger charge is 2.27. The van der Waals surface area contributed by atoms with Crippen molar-refractivity contribution in [3.8, 4) is 0 Å². The lowest BCUT2D eigenvalue weighted by Gasteiger charge is -2.32. The number of carbonyl (C=O) groups is 1. The molecule has 1 atom stereocenters. The van der Waals surface area contributed by atoms with Crippen LogP contribution in [-0.4, -0.2) is 64.0 Å². The minimum atomic E-state index is 0.166. The fourth-order valence-corrected chi connectivity index (χ4v) is 3.61. The summed E-state index contributed by atoms with van der Waals surface area (Å²) in [5.41, 5.74) is 0.838. The van der Waals surface area contributed by atoms with Crippen molar-refractivity contribution in [2.24, 2.45) is 0 Å². The Bertz CT molecular complexity index is 697. The van der Waals surface area contributed by atoms with Gasteiger partial charge in [-0.05, 0) is 52.0 Å². The first-order chi connectivity index (χ1) is 12.6. The van der Waals surface area contributed by atoms with E-state index in [9.17, 15) is 4.79 Å². The second-order valence-electron chi connectivity index (χ2n) is 7.31. The summed E-state index contributed by atoms with van der Waals surface area (Å²) in [7, 11) is 4.20. The molecule has 2 aromatic rings. The highest BCUT2D eigenvalue weighted by atomic mass is 16.2. The summed E-state index contributed by atoms with van der Waals surface area (Å²) in [4.78, 5) is 25.8.